The first-order valence-electron chi connectivity index (χ1n) is 6.42. The van der Waals surface area contributed by atoms with Crippen LogP contribution in [0.2, 0.25) is 0 Å². The van der Waals surface area contributed by atoms with Gasteiger partial charge in [-0.1, -0.05) is 0 Å². The standard InChI is InChI=1S/C13H17N3O3/c1-17-9-10-4-5-16(7-10)8-12-14-15-13(19-12)11-3-2-6-18-11/h2-3,6,10H,4-5,7-9H2,1H3. The quantitative estimate of drug-likeness (QED) is 0.819. The number of rotatable bonds is 5. The molecule has 0 saturated carbocycles. The molecule has 0 aliphatic carbocycles. The third-order valence-electron chi connectivity index (χ3n) is 3.33. The summed E-state index contributed by atoms with van der Waals surface area (Å²) in [6.07, 6.45) is 2.75. The van der Waals surface area contributed by atoms with E-state index < -0.39 is 0 Å². The Labute approximate surface area is 111 Å². The second-order valence-electron chi connectivity index (χ2n) is 4.82. The molecule has 2 aromatic rings. The minimum absolute atomic E-state index is 0.438. The summed E-state index contributed by atoms with van der Waals surface area (Å²) in [6, 6.07) is 3.61. The van der Waals surface area contributed by atoms with Crippen LogP contribution in [0.25, 0.3) is 11.7 Å². The van der Waals surface area contributed by atoms with Crippen molar-refractivity contribution < 1.29 is 13.6 Å². The fraction of sp³-hybridized carbons (Fsp3) is 0.538. The molecule has 102 valence electrons. The highest BCUT2D eigenvalue weighted by atomic mass is 16.5. The number of methoxy groups -OCH3 is 1. The summed E-state index contributed by atoms with van der Waals surface area (Å²) < 4.78 is 16.0. The van der Waals surface area contributed by atoms with E-state index >= 15 is 0 Å². The normalized spacial score (nSPS) is 20.2. The second-order valence-corrected chi connectivity index (χ2v) is 4.82. The number of furan rings is 1. The lowest BCUT2D eigenvalue weighted by atomic mass is 10.1. The third-order valence-corrected chi connectivity index (χ3v) is 3.33. The molecule has 2 aromatic heterocycles. The van der Waals surface area contributed by atoms with Crippen LogP contribution in [-0.4, -0.2) is 41.9 Å². The number of hydrogen-bond donors (Lipinski definition) is 0. The molecule has 1 aliphatic rings. The zero-order chi connectivity index (χ0) is 13.1. The number of nitrogens with zero attached hydrogens (tertiary/aromatic N) is 3. The molecule has 0 bridgehead atoms. The van der Waals surface area contributed by atoms with Crippen LogP contribution in [0.15, 0.2) is 27.2 Å². The molecular formula is C13H17N3O3. The van der Waals surface area contributed by atoms with Gasteiger partial charge in [-0.2, -0.15) is 0 Å². The van der Waals surface area contributed by atoms with Crippen molar-refractivity contribution in [1.82, 2.24) is 15.1 Å². The van der Waals surface area contributed by atoms with E-state index in [0.717, 1.165) is 26.1 Å². The highest BCUT2D eigenvalue weighted by molar-refractivity contribution is 5.42. The van der Waals surface area contributed by atoms with Crippen LogP contribution in [0.5, 0.6) is 0 Å². The Balaban J connectivity index is 1.59. The summed E-state index contributed by atoms with van der Waals surface area (Å²) in [7, 11) is 1.75. The van der Waals surface area contributed by atoms with Gasteiger partial charge in [0.05, 0.1) is 19.4 Å². The summed E-state index contributed by atoms with van der Waals surface area (Å²) in [6.45, 7) is 3.57. The van der Waals surface area contributed by atoms with E-state index in [-0.39, 0.29) is 0 Å². The van der Waals surface area contributed by atoms with E-state index in [4.69, 9.17) is 13.6 Å². The average Bonchev–Trinajstić information content (AvgIpc) is 3.10. The molecule has 0 aromatic carbocycles. The minimum Gasteiger partial charge on any atom is -0.459 e. The van der Waals surface area contributed by atoms with Crippen molar-refractivity contribution in [2.75, 3.05) is 26.8 Å². The predicted molar refractivity (Wildman–Crippen MR) is 67.3 cm³/mol. The molecule has 1 aliphatic heterocycles. The first-order chi connectivity index (χ1) is 9.35. The lowest BCUT2D eigenvalue weighted by molar-refractivity contribution is 0.151. The fourth-order valence-electron chi connectivity index (χ4n) is 2.44. The summed E-state index contributed by atoms with van der Waals surface area (Å²) in [4.78, 5) is 2.31. The summed E-state index contributed by atoms with van der Waals surface area (Å²) >= 11 is 0. The number of likely N-dealkylation sites (tertiary alicyclic amines) is 1. The van der Waals surface area contributed by atoms with Gasteiger partial charge in [0.1, 0.15) is 0 Å². The largest absolute Gasteiger partial charge is 0.459 e. The van der Waals surface area contributed by atoms with Gasteiger partial charge in [0.15, 0.2) is 5.76 Å². The van der Waals surface area contributed by atoms with E-state index in [1.807, 2.05) is 6.07 Å². The Morgan fingerprint density at radius 1 is 1.47 bits per heavy atom. The van der Waals surface area contributed by atoms with E-state index in [1.54, 1.807) is 19.4 Å². The van der Waals surface area contributed by atoms with E-state index in [2.05, 4.69) is 15.1 Å². The Morgan fingerprint density at radius 3 is 3.21 bits per heavy atom. The van der Waals surface area contributed by atoms with Crippen molar-refractivity contribution in [2.24, 2.45) is 5.92 Å². The molecule has 0 radical (unpaired) electrons. The molecular weight excluding hydrogens is 246 g/mol. The first kappa shape index (κ1) is 12.4. The molecule has 1 saturated heterocycles. The molecule has 0 spiro atoms. The van der Waals surface area contributed by atoms with Crippen LogP contribution in [0.4, 0.5) is 0 Å². The SMILES string of the molecule is COCC1CCN(Cc2nnc(-c3ccco3)o2)C1. The van der Waals surface area contributed by atoms with Crippen molar-refractivity contribution >= 4 is 0 Å². The van der Waals surface area contributed by atoms with Crippen molar-refractivity contribution in [3.63, 3.8) is 0 Å². The Morgan fingerprint density at radius 2 is 2.42 bits per heavy atom. The monoisotopic (exact) mass is 263 g/mol. The molecule has 6 nitrogen and oxygen atoms in total. The molecule has 1 fully saturated rings. The van der Waals surface area contributed by atoms with Crippen LogP contribution in [-0.2, 0) is 11.3 Å². The number of ether oxygens (including phenoxy) is 1. The highest BCUT2D eigenvalue weighted by Gasteiger charge is 2.24. The average molecular weight is 263 g/mol. The smallest absolute Gasteiger partial charge is 0.283 e. The Hall–Kier alpha value is -1.66. The van der Waals surface area contributed by atoms with Gasteiger partial charge in [0, 0.05) is 13.7 Å². The van der Waals surface area contributed by atoms with E-state index in [9.17, 15) is 0 Å². The molecule has 3 rings (SSSR count). The lowest BCUT2D eigenvalue weighted by Gasteiger charge is -2.12. The Kier molecular flexibility index (Phi) is 3.61. The fourth-order valence-corrected chi connectivity index (χ4v) is 2.44. The van der Waals surface area contributed by atoms with Crippen LogP contribution < -0.4 is 0 Å². The zero-order valence-electron chi connectivity index (χ0n) is 10.9. The Bertz CT molecular complexity index is 509. The molecule has 6 heteroatoms. The van der Waals surface area contributed by atoms with Gasteiger partial charge in [0.25, 0.3) is 5.89 Å². The zero-order valence-corrected chi connectivity index (χ0v) is 10.9. The van der Waals surface area contributed by atoms with Crippen LogP contribution in [0.1, 0.15) is 12.3 Å². The first-order valence-corrected chi connectivity index (χ1v) is 6.42. The van der Waals surface area contributed by atoms with Gasteiger partial charge < -0.3 is 13.6 Å². The molecule has 0 amide bonds. The maximum Gasteiger partial charge on any atom is 0.283 e. The topological polar surface area (TPSA) is 64.5 Å². The second kappa shape index (κ2) is 5.54. The summed E-state index contributed by atoms with van der Waals surface area (Å²) in [5.41, 5.74) is 0. The van der Waals surface area contributed by atoms with Gasteiger partial charge in [-0.05, 0) is 31.0 Å². The van der Waals surface area contributed by atoms with E-state index in [0.29, 0.717) is 30.0 Å². The maximum atomic E-state index is 5.60. The number of aromatic nitrogens is 2. The van der Waals surface area contributed by atoms with Crippen molar-refractivity contribution in [2.45, 2.75) is 13.0 Å². The van der Waals surface area contributed by atoms with Crippen LogP contribution in [0.3, 0.4) is 0 Å². The van der Waals surface area contributed by atoms with Gasteiger partial charge in [-0.15, -0.1) is 10.2 Å². The molecule has 19 heavy (non-hydrogen) atoms. The van der Waals surface area contributed by atoms with Gasteiger partial charge in [-0.3, -0.25) is 4.90 Å². The van der Waals surface area contributed by atoms with Gasteiger partial charge in [-0.25, -0.2) is 0 Å². The van der Waals surface area contributed by atoms with Crippen molar-refractivity contribution in [1.29, 1.82) is 0 Å². The summed E-state index contributed by atoms with van der Waals surface area (Å²) in [5.74, 6) is 2.28. The molecule has 3 heterocycles. The minimum atomic E-state index is 0.438. The van der Waals surface area contributed by atoms with Crippen molar-refractivity contribution in [3.05, 3.63) is 24.3 Å². The van der Waals surface area contributed by atoms with Crippen LogP contribution in [0, 0.1) is 5.92 Å². The molecule has 1 atom stereocenters. The predicted octanol–water partition coefficient (Wildman–Crippen LogP) is 1.80. The highest BCUT2D eigenvalue weighted by Crippen LogP contribution is 2.21. The van der Waals surface area contributed by atoms with Crippen molar-refractivity contribution in [3.8, 4) is 11.7 Å². The maximum absolute atomic E-state index is 5.60. The van der Waals surface area contributed by atoms with Gasteiger partial charge >= 0.3 is 0 Å². The lowest BCUT2D eigenvalue weighted by Crippen LogP contribution is -2.21. The molecule has 0 N–H and O–H groups in total. The molecule has 1 unspecified atom stereocenters. The van der Waals surface area contributed by atoms with Gasteiger partial charge in [0.2, 0.25) is 5.89 Å². The van der Waals surface area contributed by atoms with Crippen LogP contribution >= 0.6 is 0 Å². The third kappa shape index (κ3) is 2.85. The summed E-state index contributed by atoms with van der Waals surface area (Å²) in [5, 5.41) is 8.05. The number of hydrogen-bond acceptors (Lipinski definition) is 6. The van der Waals surface area contributed by atoms with E-state index in [1.165, 1.54) is 0 Å².